The first kappa shape index (κ1) is 22.2. The van der Waals surface area contributed by atoms with Crippen molar-refractivity contribution >= 4 is 18.0 Å². The summed E-state index contributed by atoms with van der Waals surface area (Å²) in [4.78, 5) is 34.3. The second kappa shape index (κ2) is 9.46. The minimum absolute atomic E-state index is 0.0501. The highest BCUT2D eigenvalue weighted by atomic mass is 16.6. The molecule has 3 N–H and O–H groups in total. The molecule has 24 heavy (non-hydrogen) atoms. The van der Waals surface area contributed by atoms with E-state index >= 15 is 0 Å². The van der Waals surface area contributed by atoms with Crippen molar-refractivity contribution < 1.29 is 29.0 Å². The first-order chi connectivity index (χ1) is 10.8. The van der Waals surface area contributed by atoms with Crippen LogP contribution in [0.3, 0.4) is 0 Å². The molecule has 1 amide bonds. The molecular formula is C16H30N2O6. The van der Waals surface area contributed by atoms with E-state index < -0.39 is 29.3 Å². The van der Waals surface area contributed by atoms with Crippen molar-refractivity contribution in [3.63, 3.8) is 0 Å². The fourth-order valence-corrected chi connectivity index (χ4v) is 1.71. The van der Waals surface area contributed by atoms with E-state index in [9.17, 15) is 14.4 Å². The molecule has 0 aliphatic carbocycles. The van der Waals surface area contributed by atoms with Gasteiger partial charge in [-0.15, -0.1) is 0 Å². The van der Waals surface area contributed by atoms with E-state index in [1.165, 1.54) is 0 Å². The molecule has 0 aromatic rings. The van der Waals surface area contributed by atoms with Gasteiger partial charge in [-0.05, 0) is 60.9 Å². The van der Waals surface area contributed by atoms with E-state index in [0.29, 0.717) is 13.0 Å². The molecule has 8 nitrogen and oxygen atoms in total. The van der Waals surface area contributed by atoms with Crippen LogP contribution in [-0.4, -0.2) is 53.5 Å². The Bertz CT molecular complexity index is 437. The first-order valence-electron chi connectivity index (χ1n) is 7.95. The first-order valence-corrected chi connectivity index (χ1v) is 7.95. The average molecular weight is 346 g/mol. The number of ether oxygens (including phenoxy) is 2. The number of amides is 1. The Kier molecular flexibility index (Phi) is 8.74. The monoisotopic (exact) mass is 346 g/mol. The maximum atomic E-state index is 11.6. The number of aliphatic carboxylic acids is 1. The van der Waals surface area contributed by atoms with Gasteiger partial charge >= 0.3 is 18.0 Å². The Balaban J connectivity index is 4.09. The Morgan fingerprint density at radius 3 is 2.00 bits per heavy atom. The molecule has 0 unspecified atom stereocenters. The lowest BCUT2D eigenvalue weighted by atomic mass is 10.1. The molecule has 0 aromatic heterocycles. The molecule has 140 valence electrons. The highest BCUT2D eigenvalue weighted by molar-refractivity contribution is 5.79. The number of hydrogen-bond acceptors (Lipinski definition) is 6. The van der Waals surface area contributed by atoms with Crippen LogP contribution >= 0.6 is 0 Å². The van der Waals surface area contributed by atoms with E-state index in [4.69, 9.17) is 14.6 Å². The van der Waals surface area contributed by atoms with Crippen molar-refractivity contribution in [3.05, 3.63) is 0 Å². The number of nitrogens with one attached hydrogen (secondary N) is 2. The fraction of sp³-hybridized carbons (Fsp3) is 0.812. The molecule has 0 aromatic carbocycles. The molecule has 0 heterocycles. The van der Waals surface area contributed by atoms with Gasteiger partial charge in [-0.2, -0.15) is 0 Å². The van der Waals surface area contributed by atoms with E-state index in [-0.39, 0.29) is 18.9 Å². The van der Waals surface area contributed by atoms with Crippen LogP contribution in [0.25, 0.3) is 0 Å². The normalized spacial score (nSPS) is 13.1. The molecule has 0 rings (SSSR count). The Labute approximate surface area is 143 Å². The summed E-state index contributed by atoms with van der Waals surface area (Å²) in [5.41, 5.74) is -1.23. The molecule has 0 bridgehead atoms. The van der Waals surface area contributed by atoms with Crippen LogP contribution in [0.4, 0.5) is 4.79 Å². The topological polar surface area (TPSA) is 114 Å². The quantitative estimate of drug-likeness (QED) is 0.452. The summed E-state index contributed by atoms with van der Waals surface area (Å²) < 4.78 is 10.2. The van der Waals surface area contributed by atoms with E-state index in [1.807, 2.05) is 0 Å². The van der Waals surface area contributed by atoms with Gasteiger partial charge in [-0.3, -0.25) is 4.79 Å². The standard InChI is InChI=1S/C16H30N2O6/c1-15(2,3)23-12(19)10-17-9-7-8-11(13(20)21)18-14(22)24-16(4,5)6/h11,17H,7-10H2,1-6H3,(H,18,22)(H,20,21)/t11-/m0/s1. The summed E-state index contributed by atoms with van der Waals surface area (Å²) in [6.45, 7) is 10.9. The van der Waals surface area contributed by atoms with Crippen LogP contribution in [0, 0.1) is 0 Å². The minimum atomic E-state index is -1.13. The summed E-state index contributed by atoms with van der Waals surface area (Å²) in [7, 11) is 0. The van der Waals surface area contributed by atoms with Gasteiger partial charge < -0.3 is 25.2 Å². The second-order valence-electron chi connectivity index (χ2n) is 7.44. The smallest absolute Gasteiger partial charge is 0.408 e. The number of carboxylic acids is 1. The lowest BCUT2D eigenvalue weighted by molar-refractivity contribution is -0.153. The van der Waals surface area contributed by atoms with E-state index in [2.05, 4.69) is 10.6 Å². The molecule has 8 heteroatoms. The lowest BCUT2D eigenvalue weighted by Crippen LogP contribution is -2.43. The van der Waals surface area contributed by atoms with Crippen LogP contribution in [-0.2, 0) is 19.1 Å². The molecule has 0 radical (unpaired) electrons. The highest BCUT2D eigenvalue weighted by Crippen LogP contribution is 2.08. The van der Waals surface area contributed by atoms with Crippen LogP contribution in [0.5, 0.6) is 0 Å². The van der Waals surface area contributed by atoms with Gasteiger partial charge in [0.15, 0.2) is 0 Å². The van der Waals surface area contributed by atoms with Crippen molar-refractivity contribution in [3.8, 4) is 0 Å². The minimum Gasteiger partial charge on any atom is -0.480 e. The van der Waals surface area contributed by atoms with Gasteiger partial charge in [-0.1, -0.05) is 0 Å². The van der Waals surface area contributed by atoms with Crippen LogP contribution in [0.1, 0.15) is 54.4 Å². The molecule has 0 saturated carbocycles. The average Bonchev–Trinajstić information content (AvgIpc) is 2.32. The molecule has 1 atom stereocenters. The maximum Gasteiger partial charge on any atom is 0.408 e. The van der Waals surface area contributed by atoms with Gasteiger partial charge in [0, 0.05) is 0 Å². The summed E-state index contributed by atoms with van der Waals surface area (Å²) >= 11 is 0. The van der Waals surface area contributed by atoms with Gasteiger partial charge in [0.05, 0.1) is 6.54 Å². The number of esters is 1. The predicted octanol–water partition coefficient (Wildman–Crippen LogP) is 1.68. The van der Waals surface area contributed by atoms with Gasteiger partial charge in [0.2, 0.25) is 0 Å². The van der Waals surface area contributed by atoms with Crippen molar-refractivity contribution in [2.75, 3.05) is 13.1 Å². The summed E-state index contributed by atoms with van der Waals surface area (Å²) in [6.07, 6.45) is -0.0811. The molecule has 0 fully saturated rings. The maximum absolute atomic E-state index is 11.6. The zero-order valence-electron chi connectivity index (χ0n) is 15.4. The lowest BCUT2D eigenvalue weighted by Gasteiger charge is -2.22. The zero-order chi connectivity index (χ0) is 19.0. The van der Waals surface area contributed by atoms with Gasteiger partial charge in [0.25, 0.3) is 0 Å². The van der Waals surface area contributed by atoms with E-state index in [0.717, 1.165) is 0 Å². The van der Waals surface area contributed by atoms with Gasteiger partial charge in [0.1, 0.15) is 17.2 Å². The number of carbonyl (C=O) groups is 3. The van der Waals surface area contributed by atoms with E-state index in [1.54, 1.807) is 41.5 Å². The summed E-state index contributed by atoms with van der Waals surface area (Å²) in [5.74, 6) is -1.50. The third-order valence-electron chi connectivity index (χ3n) is 2.52. The largest absolute Gasteiger partial charge is 0.480 e. The van der Waals surface area contributed by atoms with Crippen LogP contribution in [0.15, 0.2) is 0 Å². The van der Waals surface area contributed by atoms with Crippen molar-refractivity contribution in [2.45, 2.75) is 71.6 Å². The van der Waals surface area contributed by atoms with Gasteiger partial charge in [-0.25, -0.2) is 9.59 Å². The molecule has 0 saturated heterocycles. The zero-order valence-corrected chi connectivity index (χ0v) is 15.4. The molecular weight excluding hydrogens is 316 g/mol. The number of carbonyl (C=O) groups excluding carboxylic acids is 2. The third-order valence-corrected chi connectivity index (χ3v) is 2.52. The fourth-order valence-electron chi connectivity index (χ4n) is 1.71. The summed E-state index contributed by atoms with van der Waals surface area (Å²) in [6, 6.07) is -1.04. The number of hydrogen-bond donors (Lipinski definition) is 3. The molecule has 0 aliphatic heterocycles. The van der Waals surface area contributed by atoms with Crippen LogP contribution < -0.4 is 10.6 Å². The highest BCUT2D eigenvalue weighted by Gasteiger charge is 2.23. The Morgan fingerprint density at radius 1 is 1.00 bits per heavy atom. The number of rotatable bonds is 8. The molecule has 0 spiro atoms. The summed E-state index contributed by atoms with van der Waals surface area (Å²) in [5, 5.41) is 14.3. The Hall–Kier alpha value is -1.83. The van der Waals surface area contributed by atoms with Crippen LogP contribution in [0.2, 0.25) is 0 Å². The second-order valence-corrected chi connectivity index (χ2v) is 7.44. The Morgan fingerprint density at radius 2 is 1.54 bits per heavy atom. The third kappa shape index (κ3) is 12.7. The predicted molar refractivity (Wildman–Crippen MR) is 88.7 cm³/mol. The molecule has 0 aliphatic rings. The van der Waals surface area contributed by atoms with Crippen molar-refractivity contribution in [1.29, 1.82) is 0 Å². The SMILES string of the molecule is CC(C)(C)OC(=O)CNCCC[C@H](NC(=O)OC(C)(C)C)C(=O)O. The number of carboxylic acid groups (broad SMARTS) is 1. The van der Waals surface area contributed by atoms with Crippen molar-refractivity contribution in [2.24, 2.45) is 0 Å². The van der Waals surface area contributed by atoms with Crippen molar-refractivity contribution in [1.82, 2.24) is 10.6 Å². The number of alkyl carbamates (subject to hydrolysis) is 1.